The largest absolute Gasteiger partial charge is 0.352 e. The maximum atomic E-state index is 5.76. The van der Waals surface area contributed by atoms with Crippen LogP contribution >= 0.6 is 39.5 Å². The van der Waals surface area contributed by atoms with E-state index in [1.54, 1.807) is 11.3 Å². The predicted molar refractivity (Wildman–Crippen MR) is 106 cm³/mol. The highest BCUT2D eigenvalue weighted by Crippen LogP contribution is 2.44. The first-order chi connectivity index (χ1) is 11.7. The maximum absolute atomic E-state index is 5.76. The van der Waals surface area contributed by atoms with E-state index in [-0.39, 0.29) is 12.1 Å². The number of hydrogen-bond acceptors (Lipinski definition) is 3. The maximum Gasteiger partial charge on any atom is 0.170 e. The fraction of sp³-hybridized carbons (Fsp3) is 0.444. The third-order valence-electron chi connectivity index (χ3n) is 4.98. The molecule has 126 valence electrons. The number of aromatic nitrogens is 1. The number of nitrogens with zero attached hydrogens (tertiary/aromatic N) is 2. The summed E-state index contributed by atoms with van der Waals surface area (Å²) < 4.78 is 1.14. The van der Waals surface area contributed by atoms with Crippen molar-refractivity contribution in [2.24, 2.45) is 0 Å². The lowest BCUT2D eigenvalue weighted by molar-refractivity contribution is 0.199. The highest BCUT2D eigenvalue weighted by atomic mass is 79.9. The van der Waals surface area contributed by atoms with Gasteiger partial charge in [0.1, 0.15) is 0 Å². The molecule has 3 heterocycles. The Morgan fingerprint density at radius 1 is 1.25 bits per heavy atom. The summed E-state index contributed by atoms with van der Waals surface area (Å²) in [4.78, 5) is 8.41. The first-order valence-corrected chi connectivity index (χ1v) is 10.6. The Morgan fingerprint density at radius 2 is 2.08 bits per heavy atom. The van der Waals surface area contributed by atoms with E-state index in [1.165, 1.54) is 37.0 Å². The molecule has 24 heavy (non-hydrogen) atoms. The molecule has 2 aliphatic rings. The van der Waals surface area contributed by atoms with Crippen LogP contribution in [0.15, 0.2) is 40.3 Å². The van der Waals surface area contributed by atoms with Gasteiger partial charge in [0.05, 0.1) is 17.8 Å². The number of thiophene rings is 1. The molecule has 1 aliphatic carbocycles. The summed E-state index contributed by atoms with van der Waals surface area (Å²) in [6, 6.07) is 9.23. The van der Waals surface area contributed by atoms with E-state index in [2.05, 4.69) is 54.7 Å². The summed E-state index contributed by atoms with van der Waals surface area (Å²) in [5, 5.41) is 6.60. The Labute approximate surface area is 160 Å². The van der Waals surface area contributed by atoms with Crippen LogP contribution in [0.1, 0.15) is 54.8 Å². The number of nitrogens with one attached hydrogen (secondary N) is 1. The number of pyridine rings is 1. The third-order valence-corrected chi connectivity index (χ3v) is 7.08. The molecule has 0 bridgehead atoms. The Hall–Kier alpha value is -0.980. The highest BCUT2D eigenvalue weighted by Gasteiger charge is 2.43. The Balaban J connectivity index is 1.73. The Kier molecular flexibility index (Phi) is 4.88. The molecular formula is C18H20BrN3S2. The standard InChI is InChI=1S/C18H20BrN3S2/c19-12-10-15(24-11-12)17-16(14-8-4-5-9-20-14)21-18(23)22(17)13-6-2-1-3-7-13/h4-5,8-11,13,16-17H,1-3,6-7H2,(H,21,23). The molecular weight excluding hydrogens is 402 g/mol. The van der Waals surface area contributed by atoms with Crippen LogP contribution in [0.2, 0.25) is 0 Å². The SMILES string of the molecule is S=C1NC(c2ccccn2)C(c2cc(Br)cs2)N1C1CCCCC1. The molecule has 2 atom stereocenters. The number of hydrogen-bond donors (Lipinski definition) is 1. The van der Waals surface area contributed by atoms with Crippen molar-refractivity contribution in [1.29, 1.82) is 0 Å². The topological polar surface area (TPSA) is 28.2 Å². The van der Waals surface area contributed by atoms with Crippen LogP contribution in [-0.4, -0.2) is 21.0 Å². The molecule has 0 amide bonds. The van der Waals surface area contributed by atoms with Gasteiger partial charge in [-0.1, -0.05) is 25.3 Å². The van der Waals surface area contributed by atoms with Gasteiger partial charge in [0.15, 0.2) is 5.11 Å². The van der Waals surface area contributed by atoms with E-state index in [1.807, 2.05) is 12.3 Å². The second kappa shape index (κ2) is 7.10. The lowest BCUT2D eigenvalue weighted by atomic mass is 9.92. The fourth-order valence-electron chi connectivity index (χ4n) is 3.91. The van der Waals surface area contributed by atoms with E-state index in [4.69, 9.17) is 12.2 Å². The molecule has 2 aromatic rings. The van der Waals surface area contributed by atoms with Crippen LogP contribution in [-0.2, 0) is 0 Å². The number of rotatable bonds is 3. The van der Waals surface area contributed by atoms with Crippen molar-refractivity contribution in [3.8, 4) is 0 Å². The van der Waals surface area contributed by atoms with Crippen LogP contribution in [0, 0.1) is 0 Å². The van der Waals surface area contributed by atoms with E-state index >= 15 is 0 Å². The van der Waals surface area contributed by atoms with E-state index < -0.39 is 0 Å². The minimum absolute atomic E-state index is 0.117. The van der Waals surface area contributed by atoms with Gasteiger partial charge in [-0.3, -0.25) is 4.98 Å². The summed E-state index contributed by atoms with van der Waals surface area (Å²) in [6.45, 7) is 0. The molecule has 1 saturated heterocycles. The monoisotopic (exact) mass is 421 g/mol. The molecule has 3 nitrogen and oxygen atoms in total. The lowest BCUT2D eigenvalue weighted by Crippen LogP contribution is -2.40. The quantitative estimate of drug-likeness (QED) is 0.688. The van der Waals surface area contributed by atoms with E-state index in [0.29, 0.717) is 6.04 Å². The molecule has 6 heteroatoms. The van der Waals surface area contributed by atoms with Crippen LogP contribution in [0.3, 0.4) is 0 Å². The minimum atomic E-state index is 0.117. The van der Waals surface area contributed by atoms with Crippen molar-refractivity contribution < 1.29 is 0 Å². The zero-order chi connectivity index (χ0) is 16.5. The molecule has 4 rings (SSSR count). The van der Waals surface area contributed by atoms with Gasteiger partial charge >= 0.3 is 0 Å². The van der Waals surface area contributed by atoms with Crippen molar-refractivity contribution in [3.63, 3.8) is 0 Å². The first kappa shape index (κ1) is 16.5. The first-order valence-electron chi connectivity index (χ1n) is 8.48. The van der Waals surface area contributed by atoms with Crippen molar-refractivity contribution in [3.05, 3.63) is 50.9 Å². The second-order valence-corrected chi connectivity index (χ2v) is 8.74. The predicted octanol–water partition coefficient (Wildman–Crippen LogP) is 5.21. The van der Waals surface area contributed by atoms with Crippen LogP contribution in [0.25, 0.3) is 0 Å². The molecule has 0 radical (unpaired) electrons. The molecule has 1 saturated carbocycles. The van der Waals surface area contributed by atoms with Gasteiger partial charge in [-0.15, -0.1) is 11.3 Å². The smallest absolute Gasteiger partial charge is 0.170 e. The third kappa shape index (κ3) is 3.11. The van der Waals surface area contributed by atoms with E-state index in [9.17, 15) is 0 Å². The summed E-state index contributed by atoms with van der Waals surface area (Å²) in [6.07, 6.45) is 8.30. The minimum Gasteiger partial charge on any atom is -0.352 e. The summed E-state index contributed by atoms with van der Waals surface area (Å²) in [5.74, 6) is 0. The highest BCUT2D eigenvalue weighted by molar-refractivity contribution is 9.10. The number of halogens is 1. The normalized spacial score (nSPS) is 25.0. The van der Waals surface area contributed by atoms with Crippen LogP contribution < -0.4 is 5.32 Å². The van der Waals surface area contributed by atoms with Gasteiger partial charge in [0.25, 0.3) is 0 Å². The summed E-state index contributed by atoms with van der Waals surface area (Å²) in [5.41, 5.74) is 1.06. The summed E-state index contributed by atoms with van der Waals surface area (Å²) >= 11 is 11.2. The fourth-order valence-corrected chi connectivity index (χ4v) is 5.87. The van der Waals surface area contributed by atoms with Crippen molar-refractivity contribution in [2.75, 3.05) is 0 Å². The van der Waals surface area contributed by atoms with Gasteiger partial charge in [0.2, 0.25) is 0 Å². The zero-order valence-electron chi connectivity index (χ0n) is 13.3. The van der Waals surface area contributed by atoms with Gasteiger partial charge in [0, 0.05) is 27.0 Å². The molecule has 0 spiro atoms. The average molecular weight is 422 g/mol. The molecule has 0 aromatic carbocycles. The molecule has 1 N–H and O–H groups in total. The van der Waals surface area contributed by atoms with Crippen molar-refractivity contribution in [2.45, 2.75) is 50.2 Å². The molecule has 2 fully saturated rings. The molecule has 2 unspecified atom stereocenters. The average Bonchev–Trinajstić information content (AvgIpc) is 3.19. The lowest BCUT2D eigenvalue weighted by Gasteiger charge is -2.36. The van der Waals surface area contributed by atoms with Crippen molar-refractivity contribution in [1.82, 2.24) is 15.2 Å². The number of thiocarbonyl (C=S) groups is 1. The Bertz CT molecular complexity index is 712. The molecule has 1 aliphatic heterocycles. The van der Waals surface area contributed by atoms with Crippen LogP contribution in [0.5, 0.6) is 0 Å². The summed E-state index contributed by atoms with van der Waals surface area (Å²) in [7, 11) is 0. The van der Waals surface area contributed by atoms with Gasteiger partial charge in [-0.2, -0.15) is 0 Å². The Morgan fingerprint density at radius 3 is 2.75 bits per heavy atom. The van der Waals surface area contributed by atoms with Gasteiger partial charge in [-0.25, -0.2) is 0 Å². The van der Waals surface area contributed by atoms with E-state index in [0.717, 1.165) is 15.3 Å². The zero-order valence-corrected chi connectivity index (χ0v) is 16.5. The second-order valence-electron chi connectivity index (χ2n) is 6.49. The molecule has 2 aromatic heterocycles. The van der Waals surface area contributed by atoms with Crippen molar-refractivity contribution >= 4 is 44.6 Å². The van der Waals surface area contributed by atoms with Gasteiger partial charge in [-0.05, 0) is 59.2 Å². The van der Waals surface area contributed by atoms with Crippen LogP contribution in [0.4, 0.5) is 0 Å². The van der Waals surface area contributed by atoms with Gasteiger partial charge < -0.3 is 10.2 Å².